The van der Waals surface area contributed by atoms with Crippen molar-refractivity contribution in [3.05, 3.63) is 59.9 Å². The fourth-order valence-corrected chi connectivity index (χ4v) is 3.39. The van der Waals surface area contributed by atoms with E-state index in [1.165, 1.54) is 11.1 Å². The maximum atomic E-state index is 5.76. The Kier molecular flexibility index (Phi) is 5.89. The van der Waals surface area contributed by atoms with Crippen LogP contribution in [0.25, 0.3) is 22.5 Å². The molecule has 3 aromatic rings. The molecule has 0 aliphatic carbocycles. The molecule has 158 valence electrons. The number of benzene rings is 1. The van der Waals surface area contributed by atoms with Gasteiger partial charge in [-0.05, 0) is 58.4 Å². The van der Waals surface area contributed by atoms with Crippen molar-refractivity contribution in [2.24, 2.45) is 0 Å². The predicted molar refractivity (Wildman–Crippen MR) is 123 cm³/mol. The Labute approximate surface area is 180 Å². The van der Waals surface area contributed by atoms with Crippen molar-refractivity contribution < 1.29 is 9.47 Å². The smallest absolute Gasteiger partial charge is 0.129 e. The molecule has 4 heteroatoms. The summed E-state index contributed by atoms with van der Waals surface area (Å²) in [5.74, 6) is 1.49. The maximum absolute atomic E-state index is 5.76. The lowest BCUT2D eigenvalue weighted by Gasteiger charge is -2.21. The van der Waals surface area contributed by atoms with E-state index in [9.17, 15) is 0 Å². The van der Waals surface area contributed by atoms with Crippen LogP contribution >= 0.6 is 0 Å². The number of nitrogens with zero attached hydrogens (tertiary/aromatic N) is 2. The minimum Gasteiger partial charge on any atom is -0.496 e. The summed E-state index contributed by atoms with van der Waals surface area (Å²) in [5.41, 5.74) is 6.03. The van der Waals surface area contributed by atoms with Gasteiger partial charge in [-0.3, -0.25) is 9.97 Å². The van der Waals surface area contributed by atoms with Gasteiger partial charge in [-0.2, -0.15) is 0 Å². The quantitative estimate of drug-likeness (QED) is 0.503. The second-order valence-corrected chi connectivity index (χ2v) is 9.61. The van der Waals surface area contributed by atoms with Crippen molar-refractivity contribution in [1.82, 2.24) is 9.97 Å². The summed E-state index contributed by atoms with van der Waals surface area (Å²) in [6.45, 7) is 13.2. The van der Waals surface area contributed by atoms with Crippen molar-refractivity contribution in [2.45, 2.75) is 52.4 Å². The first-order chi connectivity index (χ1) is 14.0. The van der Waals surface area contributed by atoms with Crippen LogP contribution in [-0.4, -0.2) is 24.2 Å². The summed E-state index contributed by atoms with van der Waals surface area (Å²) in [5, 5.41) is 0. The number of methoxy groups -OCH3 is 2. The first-order valence-electron chi connectivity index (χ1n) is 10.2. The molecular formula is C26H32N2O2. The van der Waals surface area contributed by atoms with E-state index in [0.29, 0.717) is 0 Å². The fraction of sp³-hybridized carbons (Fsp3) is 0.385. The van der Waals surface area contributed by atoms with E-state index < -0.39 is 0 Å². The van der Waals surface area contributed by atoms with Gasteiger partial charge < -0.3 is 9.47 Å². The average Bonchev–Trinajstić information content (AvgIpc) is 2.71. The van der Waals surface area contributed by atoms with Crippen molar-refractivity contribution in [3.63, 3.8) is 0 Å². The second kappa shape index (κ2) is 8.10. The van der Waals surface area contributed by atoms with E-state index in [-0.39, 0.29) is 10.8 Å². The van der Waals surface area contributed by atoms with Gasteiger partial charge in [0.2, 0.25) is 0 Å². The molecule has 0 aliphatic rings. The predicted octanol–water partition coefficient (Wildman–Crippen LogP) is 6.42. The SMILES string of the molecule is COc1cc(-c2cc(C(C)(C)C)ccn2)c(OC)cc1-c1cc(C(C)(C)C)ccn1. The number of rotatable bonds is 4. The highest BCUT2D eigenvalue weighted by atomic mass is 16.5. The van der Waals surface area contributed by atoms with Gasteiger partial charge in [-0.15, -0.1) is 0 Å². The Balaban J connectivity index is 2.17. The van der Waals surface area contributed by atoms with Crippen LogP contribution < -0.4 is 9.47 Å². The molecular weight excluding hydrogens is 372 g/mol. The van der Waals surface area contributed by atoms with Crippen molar-refractivity contribution in [1.29, 1.82) is 0 Å². The van der Waals surface area contributed by atoms with Gasteiger partial charge in [0.1, 0.15) is 11.5 Å². The molecule has 2 heterocycles. The molecule has 0 spiro atoms. The molecule has 0 fully saturated rings. The first kappa shape index (κ1) is 21.8. The molecule has 0 saturated heterocycles. The largest absolute Gasteiger partial charge is 0.496 e. The van der Waals surface area contributed by atoms with Gasteiger partial charge in [-0.25, -0.2) is 0 Å². The summed E-state index contributed by atoms with van der Waals surface area (Å²) < 4.78 is 11.5. The first-order valence-corrected chi connectivity index (χ1v) is 10.2. The van der Waals surface area contributed by atoms with Gasteiger partial charge >= 0.3 is 0 Å². The summed E-state index contributed by atoms with van der Waals surface area (Å²) in [6.07, 6.45) is 3.70. The van der Waals surface area contributed by atoms with Gasteiger partial charge in [-0.1, -0.05) is 41.5 Å². The average molecular weight is 405 g/mol. The van der Waals surface area contributed by atoms with Crippen LogP contribution in [0.15, 0.2) is 48.8 Å². The Morgan fingerprint density at radius 2 is 0.967 bits per heavy atom. The molecule has 4 nitrogen and oxygen atoms in total. The van der Waals surface area contributed by atoms with Crippen molar-refractivity contribution in [2.75, 3.05) is 14.2 Å². The molecule has 0 saturated carbocycles. The van der Waals surface area contributed by atoms with Crippen LogP contribution in [0, 0.1) is 0 Å². The number of pyridine rings is 2. The summed E-state index contributed by atoms with van der Waals surface area (Å²) >= 11 is 0. The highest BCUT2D eigenvalue weighted by molar-refractivity contribution is 5.79. The Morgan fingerprint density at radius 1 is 0.600 bits per heavy atom. The normalized spacial score (nSPS) is 12.0. The Bertz CT molecular complexity index is 958. The van der Waals surface area contributed by atoms with E-state index in [4.69, 9.17) is 9.47 Å². The number of hydrogen-bond donors (Lipinski definition) is 0. The van der Waals surface area contributed by atoms with Gasteiger partial charge in [0.25, 0.3) is 0 Å². The molecule has 0 bridgehead atoms. The highest BCUT2D eigenvalue weighted by Gasteiger charge is 2.20. The Hall–Kier alpha value is -2.88. The van der Waals surface area contributed by atoms with E-state index in [1.807, 2.05) is 24.5 Å². The summed E-state index contributed by atoms with van der Waals surface area (Å²) in [4.78, 5) is 9.21. The molecule has 0 atom stereocenters. The van der Waals surface area contributed by atoms with Crippen molar-refractivity contribution >= 4 is 0 Å². The molecule has 30 heavy (non-hydrogen) atoms. The van der Waals surface area contributed by atoms with Gasteiger partial charge in [0.15, 0.2) is 0 Å². The summed E-state index contributed by atoms with van der Waals surface area (Å²) in [6, 6.07) is 12.3. The van der Waals surface area contributed by atoms with E-state index in [1.54, 1.807) is 14.2 Å². The molecule has 0 amide bonds. The van der Waals surface area contributed by atoms with E-state index in [2.05, 4.69) is 75.8 Å². The lowest BCUT2D eigenvalue weighted by Crippen LogP contribution is -2.11. The molecule has 0 aliphatic heterocycles. The van der Waals surface area contributed by atoms with Crippen LogP contribution in [0.5, 0.6) is 11.5 Å². The van der Waals surface area contributed by atoms with Crippen LogP contribution in [0.2, 0.25) is 0 Å². The lowest BCUT2D eigenvalue weighted by molar-refractivity contribution is 0.405. The van der Waals surface area contributed by atoms with E-state index in [0.717, 1.165) is 34.0 Å². The molecule has 0 unspecified atom stereocenters. The summed E-state index contributed by atoms with van der Waals surface area (Å²) in [7, 11) is 3.36. The number of hydrogen-bond acceptors (Lipinski definition) is 4. The zero-order chi connectivity index (χ0) is 22.1. The third-order valence-electron chi connectivity index (χ3n) is 5.33. The van der Waals surface area contributed by atoms with Gasteiger partial charge in [0.05, 0.1) is 25.6 Å². The minimum absolute atomic E-state index is 0.0340. The van der Waals surface area contributed by atoms with Gasteiger partial charge in [0, 0.05) is 23.5 Å². The zero-order valence-electron chi connectivity index (χ0n) is 19.3. The highest BCUT2D eigenvalue weighted by Crippen LogP contribution is 2.41. The fourth-order valence-electron chi connectivity index (χ4n) is 3.39. The molecule has 0 radical (unpaired) electrons. The van der Waals surface area contributed by atoms with Crippen LogP contribution in [-0.2, 0) is 10.8 Å². The monoisotopic (exact) mass is 404 g/mol. The third kappa shape index (κ3) is 4.48. The standard InChI is InChI=1S/C26H32N2O2/c1-25(2,3)17-9-11-27-21(13-17)19-15-24(30-8)20(16-23(19)29-7)22-14-18(10-12-28-22)26(4,5)6/h9-16H,1-8H3. The molecule has 3 rings (SSSR count). The van der Waals surface area contributed by atoms with Crippen LogP contribution in [0.4, 0.5) is 0 Å². The molecule has 1 aromatic carbocycles. The van der Waals surface area contributed by atoms with E-state index >= 15 is 0 Å². The minimum atomic E-state index is 0.0340. The third-order valence-corrected chi connectivity index (χ3v) is 5.33. The van der Waals surface area contributed by atoms with Crippen molar-refractivity contribution in [3.8, 4) is 34.0 Å². The number of ether oxygens (including phenoxy) is 2. The topological polar surface area (TPSA) is 44.2 Å². The van der Waals surface area contributed by atoms with Crippen LogP contribution in [0.1, 0.15) is 52.7 Å². The number of aromatic nitrogens is 2. The Morgan fingerprint density at radius 3 is 1.27 bits per heavy atom. The van der Waals surface area contributed by atoms with Crippen LogP contribution in [0.3, 0.4) is 0 Å². The molecule has 0 N–H and O–H groups in total. The maximum Gasteiger partial charge on any atom is 0.129 e. The lowest BCUT2D eigenvalue weighted by atomic mass is 9.86. The zero-order valence-corrected chi connectivity index (χ0v) is 19.3. The second-order valence-electron chi connectivity index (χ2n) is 9.61. The molecule has 2 aromatic heterocycles.